The van der Waals surface area contributed by atoms with Crippen LogP contribution < -0.4 is 26.0 Å². The summed E-state index contributed by atoms with van der Waals surface area (Å²) in [7, 11) is 1.59. The first-order valence-electron chi connectivity index (χ1n) is 18.5. The minimum atomic E-state index is -1.09. The zero-order valence-electron chi connectivity index (χ0n) is 30.7. The van der Waals surface area contributed by atoms with Crippen LogP contribution in [-0.4, -0.2) is 81.3 Å². The molecule has 0 saturated carbocycles. The van der Waals surface area contributed by atoms with Gasteiger partial charge in [0.15, 0.2) is 6.61 Å². The van der Waals surface area contributed by atoms with Crippen molar-refractivity contribution in [2.24, 2.45) is 0 Å². The minimum absolute atomic E-state index is 0.00408. The van der Waals surface area contributed by atoms with Crippen molar-refractivity contribution in [2.45, 2.75) is 51.1 Å². The molecular weight excluding hydrogens is 716 g/mol. The standard InChI is InChI=1S/C41H40N8O7/c1-42-38(52)29-23-44-31-15-14-25(22-28(31)37(29)45-26-10-5-4-6-11-26)30-18-21-48(47-30)20-8-3-2-7-19-43-35(51)24-56-33-13-9-12-27-36(33)41(55)49(40(27)54)32-16-17-34(50)46-39(32)53/h4-6,9-15,18,21-23,32H,2-3,7-8,16-17,19-20,24H2,1H3,(H,42,52)(H,43,51)(H,44,45)(H,46,50,53). The number of fused-ring (bicyclic) bond motifs is 2. The number of benzene rings is 3. The lowest BCUT2D eigenvalue weighted by Gasteiger charge is -2.27. The Morgan fingerprint density at radius 1 is 0.929 bits per heavy atom. The van der Waals surface area contributed by atoms with Crippen molar-refractivity contribution in [1.82, 2.24) is 35.6 Å². The molecule has 7 rings (SSSR count). The molecule has 1 unspecified atom stereocenters. The summed E-state index contributed by atoms with van der Waals surface area (Å²) in [4.78, 5) is 80.9. The number of rotatable bonds is 15. The number of aromatic nitrogens is 3. The Morgan fingerprint density at radius 2 is 1.75 bits per heavy atom. The molecule has 3 aromatic carbocycles. The monoisotopic (exact) mass is 756 g/mol. The van der Waals surface area contributed by atoms with Gasteiger partial charge in [0.2, 0.25) is 11.8 Å². The molecule has 4 heterocycles. The van der Waals surface area contributed by atoms with Gasteiger partial charge >= 0.3 is 0 Å². The van der Waals surface area contributed by atoms with Crippen molar-refractivity contribution in [1.29, 1.82) is 0 Å². The molecule has 5 aromatic rings. The van der Waals surface area contributed by atoms with Crippen LogP contribution in [0.3, 0.4) is 0 Å². The van der Waals surface area contributed by atoms with Crippen LogP contribution in [0.2, 0.25) is 0 Å². The number of carbonyl (C=O) groups excluding carboxylic acids is 6. The molecule has 2 aliphatic rings. The Kier molecular flexibility index (Phi) is 11.1. The number of nitrogens with zero attached hydrogens (tertiary/aromatic N) is 4. The van der Waals surface area contributed by atoms with E-state index in [9.17, 15) is 28.8 Å². The van der Waals surface area contributed by atoms with E-state index in [4.69, 9.17) is 9.84 Å². The molecule has 15 heteroatoms. The van der Waals surface area contributed by atoms with Crippen molar-refractivity contribution in [3.63, 3.8) is 0 Å². The molecule has 286 valence electrons. The second-order valence-electron chi connectivity index (χ2n) is 13.5. The number of amides is 6. The predicted molar refractivity (Wildman–Crippen MR) is 206 cm³/mol. The summed E-state index contributed by atoms with van der Waals surface area (Å²) in [5.74, 6) is -3.03. The number of nitrogens with one attached hydrogen (secondary N) is 4. The lowest BCUT2D eigenvalue weighted by atomic mass is 10.0. The van der Waals surface area contributed by atoms with Gasteiger partial charge < -0.3 is 20.7 Å². The van der Waals surface area contributed by atoms with Gasteiger partial charge in [-0.05, 0) is 61.7 Å². The van der Waals surface area contributed by atoms with Crippen LogP contribution in [0.5, 0.6) is 5.75 Å². The molecule has 1 fully saturated rings. The molecule has 15 nitrogen and oxygen atoms in total. The number of imide groups is 2. The van der Waals surface area contributed by atoms with E-state index in [1.54, 1.807) is 19.3 Å². The lowest BCUT2D eigenvalue weighted by Crippen LogP contribution is -2.54. The van der Waals surface area contributed by atoms with Gasteiger partial charge in [0, 0.05) is 55.6 Å². The van der Waals surface area contributed by atoms with E-state index < -0.39 is 29.7 Å². The summed E-state index contributed by atoms with van der Waals surface area (Å²) in [6.07, 6.45) is 7.05. The van der Waals surface area contributed by atoms with E-state index in [0.29, 0.717) is 17.8 Å². The van der Waals surface area contributed by atoms with Crippen LogP contribution >= 0.6 is 0 Å². The maximum absolute atomic E-state index is 13.2. The van der Waals surface area contributed by atoms with Gasteiger partial charge in [-0.3, -0.25) is 48.6 Å². The van der Waals surface area contributed by atoms with Crippen LogP contribution in [0, 0.1) is 0 Å². The van der Waals surface area contributed by atoms with E-state index in [0.717, 1.165) is 65.0 Å². The summed E-state index contributed by atoms with van der Waals surface area (Å²) in [6.45, 7) is 0.813. The highest BCUT2D eigenvalue weighted by atomic mass is 16.5. The second-order valence-corrected chi connectivity index (χ2v) is 13.5. The molecule has 0 spiro atoms. The molecule has 1 atom stereocenters. The van der Waals surface area contributed by atoms with E-state index in [1.807, 2.05) is 65.5 Å². The number of para-hydroxylation sites is 1. The first-order chi connectivity index (χ1) is 27.2. The largest absolute Gasteiger partial charge is 0.483 e. The molecule has 56 heavy (non-hydrogen) atoms. The Labute approximate surface area is 321 Å². The van der Waals surface area contributed by atoms with Crippen LogP contribution in [0.25, 0.3) is 22.2 Å². The molecule has 0 aliphatic carbocycles. The highest BCUT2D eigenvalue weighted by Crippen LogP contribution is 2.34. The van der Waals surface area contributed by atoms with E-state index >= 15 is 0 Å². The van der Waals surface area contributed by atoms with E-state index in [2.05, 4.69) is 26.3 Å². The number of pyridine rings is 1. The number of hydrogen-bond acceptors (Lipinski definition) is 10. The first-order valence-corrected chi connectivity index (χ1v) is 18.5. The maximum Gasteiger partial charge on any atom is 0.266 e. The Morgan fingerprint density at radius 3 is 2.55 bits per heavy atom. The summed E-state index contributed by atoms with van der Waals surface area (Å²) in [5, 5.41) is 16.7. The zero-order chi connectivity index (χ0) is 39.2. The van der Waals surface area contributed by atoms with Gasteiger partial charge in [0.1, 0.15) is 11.8 Å². The van der Waals surface area contributed by atoms with Gasteiger partial charge in [-0.15, -0.1) is 0 Å². The molecule has 2 aromatic heterocycles. The third-order valence-corrected chi connectivity index (χ3v) is 9.74. The summed E-state index contributed by atoms with van der Waals surface area (Å²) in [5.41, 5.74) is 4.48. The number of unbranched alkanes of at least 4 members (excludes halogenated alkanes) is 3. The molecule has 4 N–H and O–H groups in total. The average molecular weight is 757 g/mol. The fraction of sp³-hybridized carbons (Fsp3) is 0.268. The van der Waals surface area contributed by atoms with E-state index in [1.165, 1.54) is 12.1 Å². The van der Waals surface area contributed by atoms with Gasteiger partial charge in [0.05, 0.1) is 33.6 Å². The van der Waals surface area contributed by atoms with Crippen LogP contribution in [-0.2, 0) is 20.9 Å². The normalized spacial score (nSPS) is 15.1. The van der Waals surface area contributed by atoms with Gasteiger partial charge in [-0.1, -0.05) is 43.2 Å². The number of carbonyl (C=O) groups is 6. The minimum Gasteiger partial charge on any atom is -0.483 e. The van der Waals surface area contributed by atoms with Crippen molar-refractivity contribution in [3.8, 4) is 17.0 Å². The van der Waals surface area contributed by atoms with Crippen molar-refractivity contribution < 1.29 is 33.5 Å². The number of anilines is 2. The summed E-state index contributed by atoms with van der Waals surface area (Å²) < 4.78 is 7.57. The number of hydrogen-bond donors (Lipinski definition) is 4. The second kappa shape index (κ2) is 16.6. The highest BCUT2D eigenvalue weighted by molar-refractivity contribution is 6.24. The topological polar surface area (TPSA) is 194 Å². The molecule has 0 radical (unpaired) electrons. The number of piperidine rings is 1. The Balaban J connectivity index is 0.867. The number of aryl methyl sites for hydroxylation is 1. The van der Waals surface area contributed by atoms with E-state index in [-0.39, 0.29) is 48.1 Å². The van der Waals surface area contributed by atoms with Crippen LogP contribution in [0.1, 0.15) is 69.6 Å². The van der Waals surface area contributed by atoms with Gasteiger partial charge in [-0.25, -0.2) is 0 Å². The number of ether oxygens (including phenoxy) is 1. The smallest absolute Gasteiger partial charge is 0.266 e. The predicted octanol–water partition coefficient (Wildman–Crippen LogP) is 4.36. The highest BCUT2D eigenvalue weighted by Gasteiger charge is 2.46. The SMILES string of the molecule is CNC(=O)c1cnc2ccc(-c3ccn(CCCCCCNC(=O)COc4cccc5c4C(=O)N(C4CCC(=O)NC4=O)C5=O)n3)cc2c1Nc1ccccc1. The zero-order valence-corrected chi connectivity index (χ0v) is 30.7. The summed E-state index contributed by atoms with van der Waals surface area (Å²) in [6, 6.07) is 20.9. The fourth-order valence-corrected chi connectivity index (χ4v) is 6.88. The van der Waals surface area contributed by atoms with Gasteiger partial charge in [-0.2, -0.15) is 5.10 Å². The third kappa shape index (κ3) is 7.97. The Bertz CT molecular complexity index is 2340. The third-order valence-electron chi connectivity index (χ3n) is 9.74. The lowest BCUT2D eigenvalue weighted by molar-refractivity contribution is -0.136. The van der Waals surface area contributed by atoms with Crippen molar-refractivity contribution in [2.75, 3.05) is 25.5 Å². The van der Waals surface area contributed by atoms with Crippen LogP contribution in [0.15, 0.2) is 85.2 Å². The molecule has 6 amide bonds. The van der Waals surface area contributed by atoms with Crippen molar-refractivity contribution >= 4 is 57.7 Å². The Hall–Kier alpha value is -6.90. The fourth-order valence-electron chi connectivity index (χ4n) is 6.88. The average Bonchev–Trinajstić information content (AvgIpc) is 3.78. The van der Waals surface area contributed by atoms with Crippen LogP contribution in [0.4, 0.5) is 11.4 Å². The molecular formula is C41H40N8O7. The molecule has 0 bridgehead atoms. The van der Waals surface area contributed by atoms with Gasteiger partial charge in [0.25, 0.3) is 23.6 Å². The van der Waals surface area contributed by atoms with Crippen molar-refractivity contribution in [3.05, 3.63) is 102 Å². The molecule has 1 saturated heterocycles. The first kappa shape index (κ1) is 37.4. The maximum atomic E-state index is 13.2. The quantitative estimate of drug-likeness (QED) is 0.0881. The summed E-state index contributed by atoms with van der Waals surface area (Å²) >= 11 is 0. The molecule has 2 aliphatic heterocycles.